The Bertz CT molecular complexity index is 325. The summed E-state index contributed by atoms with van der Waals surface area (Å²) in [5.41, 5.74) is 2.47. The van der Waals surface area contributed by atoms with E-state index >= 15 is 0 Å². The zero-order valence-electron chi connectivity index (χ0n) is 8.92. The first kappa shape index (κ1) is 12.4. The molecule has 0 aliphatic heterocycles. The number of ether oxygens (including phenoxy) is 1. The van der Waals surface area contributed by atoms with Gasteiger partial charge in [-0.15, -0.1) is 0 Å². The van der Waals surface area contributed by atoms with E-state index in [1.165, 1.54) is 11.1 Å². The van der Waals surface area contributed by atoms with Gasteiger partial charge in [0, 0.05) is 24.7 Å². The second kappa shape index (κ2) is 6.77. The molecule has 0 heterocycles. The lowest BCUT2D eigenvalue weighted by Crippen LogP contribution is -2.14. The zero-order chi connectivity index (χ0) is 11.1. The molecule has 0 aliphatic carbocycles. The quantitative estimate of drug-likeness (QED) is 0.858. The lowest BCUT2D eigenvalue weighted by atomic mass is 10.1. The Kier molecular flexibility index (Phi) is 5.61. The molecule has 0 radical (unpaired) electrons. The SMILES string of the molecule is C=C(Br)CNCc1cccc(COC)c1. The first-order chi connectivity index (χ1) is 7.22. The van der Waals surface area contributed by atoms with Gasteiger partial charge in [-0.05, 0) is 11.1 Å². The largest absolute Gasteiger partial charge is 0.380 e. The van der Waals surface area contributed by atoms with Gasteiger partial charge in [0.05, 0.1) is 6.61 Å². The van der Waals surface area contributed by atoms with Crippen LogP contribution >= 0.6 is 15.9 Å². The summed E-state index contributed by atoms with van der Waals surface area (Å²) in [6, 6.07) is 8.36. The summed E-state index contributed by atoms with van der Waals surface area (Å²) in [6.45, 7) is 6.07. The molecule has 15 heavy (non-hydrogen) atoms. The molecule has 1 aromatic rings. The minimum atomic E-state index is 0.666. The Balaban J connectivity index is 2.46. The highest BCUT2D eigenvalue weighted by Crippen LogP contribution is 2.06. The molecule has 2 nitrogen and oxygen atoms in total. The van der Waals surface area contributed by atoms with E-state index in [0.29, 0.717) is 6.61 Å². The molecule has 0 unspecified atom stereocenters. The topological polar surface area (TPSA) is 21.3 Å². The minimum Gasteiger partial charge on any atom is -0.380 e. The second-order valence-corrected chi connectivity index (χ2v) is 4.50. The molecule has 3 heteroatoms. The van der Waals surface area contributed by atoms with Crippen molar-refractivity contribution in [2.75, 3.05) is 13.7 Å². The first-order valence-corrected chi connectivity index (χ1v) is 5.62. The van der Waals surface area contributed by atoms with Gasteiger partial charge in [0.15, 0.2) is 0 Å². The molecule has 1 N–H and O–H groups in total. The van der Waals surface area contributed by atoms with E-state index in [1.54, 1.807) is 7.11 Å². The van der Waals surface area contributed by atoms with Gasteiger partial charge in [-0.3, -0.25) is 0 Å². The molecule has 0 aromatic heterocycles. The van der Waals surface area contributed by atoms with Gasteiger partial charge in [-0.25, -0.2) is 0 Å². The predicted octanol–water partition coefficient (Wildman–Crippen LogP) is 2.83. The molecule has 0 fully saturated rings. The third kappa shape index (κ3) is 5.11. The molecule has 1 aromatic carbocycles. The molecule has 0 spiro atoms. The van der Waals surface area contributed by atoms with Crippen molar-refractivity contribution in [1.82, 2.24) is 5.32 Å². The maximum Gasteiger partial charge on any atom is 0.0713 e. The van der Waals surface area contributed by atoms with Crippen LogP contribution in [0.15, 0.2) is 35.3 Å². The van der Waals surface area contributed by atoms with Crippen molar-refractivity contribution >= 4 is 15.9 Å². The van der Waals surface area contributed by atoms with Crippen LogP contribution in [0.4, 0.5) is 0 Å². The Morgan fingerprint density at radius 3 is 2.87 bits per heavy atom. The van der Waals surface area contributed by atoms with Crippen LogP contribution in [0.3, 0.4) is 0 Å². The van der Waals surface area contributed by atoms with Crippen LogP contribution in [0.25, 0.3) is 0 Å². The van der Waals surface area contributed by atoms with Crippen molar-refractivity contribution in [3.05, 3.63) is 46.5 Å². The number of hydrogen-bond acceptors (Lipinski definition) is 2. The van der Waals surface area contributed by atoms with Crippen LogP contribution in [0, 0.1) is 0 Å². The fourth-order valence-electron chi connectivity index (χ4n) is 1.34. The Hall–Kier alpha value is -0.640. The van der Waals surface area contributed by atoms with Crippen molar-refractivity contribution in [2.45, 2.75) is 13.2 Å². The standard InChI is InChI=1S/C12H16BrNO/c1-10(13)7-14-8-11-4-3-5-12(6-11)9-15-2/h3-6,14H,1,7-9H2,2H3. The zero-order valence-corrected chi connectivity index (χ0v) is 10.5. The van der Waals surface area contributed by atoms with Gasteiger partial charge >= 0.3 is 0 Å². The number of halogens is 1. The van der Waals surface area contributed by atoms with Gasteiger partial charge in [0.1, 0.15) is 0 Å². The minimum absolute atomic E-state index is 0.666. The Labute approximate surface area is 99.5 Å². The van der Waals surface area contributed by atoms with Crippen LogP contribution in [0.2, 0.25) is 0 Å². The monoisotopic (exact) mass is 269 g/mol. The fraction of sp³-hybridized carbons (Fsp3) is 0.333. The number of nitrogens with one attached hydrogen (secondary N) is 1. The Morgan fingerprint density at radius 1 is 1.47 bits per heavy atom. The van der Waals surface area contributed by atoms with Crippen molar-refractivity contribution in [3.8, 4) is 0 Å². The van der Waals surface area contributed by atoms with E-state index in [0.717, 1.165) is 17.6 Å². The van der Waals surface area contributed by atoms with Crippen LogP contribution in [0.1, 0.15) is 11.1 Å². The predicted molar refractivity (Wildman–Crippen MR) is 66.9 cm³/mol. The highest BCUT2D eigenvalue weighted by molar-refractivity contribution is 9.11. The molecule has 0 saturated heterocycles. The molecule has 0 atom stereocenters. The van der Waals surface area contributed by atoms with Gasteiger partial charge in [0.25, 0.3) is 0 Å². The number of rotatable bonds is 6. The fourth-order valence-corrected chi connectivity index (χ4v) is 1.54. The average Bonchev–Trinajstić information content (AvgIpc) is 2.18. The van der Waals surface area contributed by atoms with Crippen LogP contribution in [0.5, 0.6) is 0 Å². The van der Waals surface area contributed by atoms with Crippen LogP contribution < -0.4 is 5.32 Å². The molecule has 1 rings (SSSR count). The average molecular weight is 270 g/mol. The molecular formula is C12H16BrNO. The van der Waals surface area contributed by atoms with E-state index in [9.17, 15) is 0 Å². The van der Waals surface area contributed by atoms with Crippen molar-refractivity contribution in [3.63, 3.8) is 0 Å². The van der Waals surface area contributed by atoms with Crippen molar-refractivity contribution in [1.29, 1.82) is 0 Å². The molecule has 82 valence electrons. The maximum absolute atomic E-state index is 5.08. The Morgan fingerprint density at radius 2 is 2.20 bits per heavy atom. The highest BCUT2D eigenvalue weighted by atomic mass is 79.9. The van der Waals surface area contributed by atoms with Crippen LogP contribution in [-0.2, 0) is 17.9 Å². The maximum atomic E-state index is 5.08. The highest BCUT2D eigenvalue weighted by Gasteiger charge is 1.95. The number of methoxy groups -OCH3 is 1. The summed E-state index contributed by atoms with van der Waals surface area (Å²) < 4.78 is 6.05. The molecular weight excluding hydrogens is 254 g/mol. The second-order valence-electron chi connectivity index (χ2n) is 3.37. The number of hydrogen-bond donors (Lipinski definition) is 1. The van der Waals surface area contributed by atoms with E-state index in [1.807, 2.05) is 6.07 Å². The van der Waals surface area contributed by atoms with E-state index < -0.39 is 0 Å². The van der Waals surface area contributed by atoms with E-state index in [4.69, 9.17) is 4.74 Å². The molecule has 0 bridgehead atoms. The van der Waals surface area contributed by atoms with Gasteiger partial charge in [0.2, 0.25) is 0 Å². The smallest absolute Gasteiger partial charge is 0.0713 e. The lowest BCUT2D eigenvalue weighted by Gasteiger charge is -2.06. The van der Waals surface area contributed by atoms with Crippen molar-refractivity contribution in [2.24, 2.45) is 0 Å². The third-order valence-electron chi connectivity index (χ3n) is 1.95. The lowest BCUT2D eigenvalue weighted by molar-refractivity contribution is 0.185. The first-order valence-electron chi connectivity index (χ1n) is 4.83. The number of benzene rings is 1. The summed E-state index contributed by atoms with van der Waals surface area (Å²) in [6.07, 6.45) is 0. The van der Waals surface area contributed by atoms with E-state index in [2.05, 4.69) is 46.0 Å². The molecule has 0 saturated carbocycles. The van der Waals surface area contributed by atoms with Crippen LogP contribution in [-0.4, -0.2) is 13.7 Å². The molecule has 0 aliphatic rings. The summed E-state index contributed by atoms with van der Waals surface area (Å²) in [5, 5.41) is 3.28. The normalized spacial score (nSPS) is 10.3. The van der Waals surface area contributed by atoms with Crippen molar-refractivity contribution < 1.29 is 4.74 Å². The molecule has 0 amide bonds. The summed E-state index contributed by atoms with van der Waals surface area (Å²) in [7, 11) is 1.71. The third-order valence-corrected chi connectivity index (χ3v) is 2.23. The van der Waals surface area contributed by atoms with Gasteiger partial charge < -0.3 is 10.1 Å². The summed E-state index contributed by atoms with van der Waals surface area (Å²) in [4.78, 5) is 0. The summed E-state index contributed by atoms with van der Waals surface area (Å²) >= 11 is 3.31. The van der Waals surface area contributed by atoms with E-state index in [-0.39, 0.29) is 0 Å². The van der Waals surface area contributed by atoms with Gasteiger partial charge in [-0.2, -0.15) is 0 Å². The van der Waals surface area contributed by atoms with Gasteiger partial charge in [-0.1, -0.05) is 46.8 Å². The summed E-state index contributed by atoms with van der Waals surface area (Å²) in [5.74, 6) is 0.